The van der Waals surface area contributed by atoms with Crippen LogP contribution in [0.4, 0.5) is 4.39 Å². The lowest BCUT2D eigenvalue weighted by Gasteiger charge is -2.25. The Hall–Kier alpha value is -0.600. The molecule has 1 aliphatic heterocycles. The summed E-state index contributed by atoms with van der Waals surface area (Å²) in [7, 11) is 0. The van der Waals surface area contributed by atoms with Crippen molar-refractivity contribution in [2.45, 2.75) is 25.3 Å². The van der Waals surface area contributed by atoms with E-state index in [1.165, 1.54) is 6.07 Å². The van der Waals surface area contributed by atoms with Gasteiger partial charge >= 0.3 is 0 Å². The Morgan fingerprint density at radius 3 is 2.86 bits per heavy atom. The number of rotatable bonds is 1. The Labute approximate surface area is 88.3 Å². The average Bonchev–Trinajstić information content (AvgIpc) is 2.58. The zero-order valence-electron chi connectivity index (χ0n) is 8.11. The van der Waals surface area contributed by atoms with Gasteiger partial charge in [-0.1, -0.05) is 17.7 Å². The molecule has 0 aromatic heterocycles. The van der Waals surface area contributed by atoms with Crippen molar-refractivity contribution in [1.82, 2.24) is 5.32 Å². The maximum Gasteiger partial charge on any atom is 0.141 e. The van der Waals surface area contributed by atoms with Crippen molar-refractivity contribution in [3.63, 3.8) is 0 Å². The van der Waals surface area contributed by atoms with Crippen LogP contribution in [0.1, 0.15) is 25.3 Å². The Kier molecular flexibility index (Phi) is 2.50. The van der Waals surface area contributed by atoms with Gasteiger partial charge in [0, 0.05) is 5.54 Å². The van der Waals surface area contributed by atoms with Gasteiger partial charge in [0.25, 0.3) is 0 Å². The fourth-order valence-electron chi connectivity index (χ4n) is 1.98. The van der Waals surface area contributed by atoms with Crippen molar-refractivity contribution in [1.29, 1.82) is 0 Å². The SMILES string of the molecule is CC1(c2ccc(F)c(Cl)c2)CCCN1. The van der Waals surface area contributed by atoms with Crippen LogP contribution in [0.5, 0.6) is 0 Å². The van der Waals surface area contributed by atoms with Crippen LogP contribution in [0, 0.1) is 5.82 Å². The molecule has 1 aromatic carbocycles. The first-order valence-corrected chi connectivity index (χ1v) is 5.20. The number of nitrogens with one attached hydrogen (secondary N) is 1. The van der Waals surface area contributed by atoms with Crippen molar-refractivity contribution in [3.05, 3.63) is 34.6 Å². The predicted molar refractivity (Wildman–Crippen MR) is 56.0 cm³/mol. The molecule has 1 aromatic rings. The van der Waals surface area contributed by atoms with Gasteiger partial charge in [0.2, 0.25) is 0 Å². The van der Waals surface area contributed by atoms with Crippen molar-refractivity contribution in [3.8, 4) is 0 Å². The lowest BCUT2D eigenvalue weighted by atomic mass is 9.91. The number of hydrogen-bond donors (Lipinski definition) is 1. The summed E-state index contributed by atoms with van der Waals surface area (Å²) in [6.45, 7) is 3.15. The Balaban J connectivity index is 2.36. The molecule has 1 atom stereocenters. The first kappa shape index (κ1) is 9.94. The molecule has 1 N–H and O–H groups in total. The molecule has 1 fully saturated rings. The van der Waals surface area contributed by atoms with Crippen molar-refractivity contribution in [2.24, 2.45) is 0 Å². The van der Waals surface area contributed by atoms with E-state index in [4.69, 9.17) is 11.6 Å². The van der Waals surface area contributed by atoms with Crippen LogP contribution in [-0.2, 0) is 5.54 Å². The summed E-state index contributed by atoms with van der Waals surface area (Å²) in [6, 6.07) is 4.96. The molecule has 1 saturated heterocycles. The van der Waals surface area contributed by atoms with Crippen molar-refractivity contribution < 1.29 is 4.39 Å². The van der Waals surface area contributed by atoms with Crippen molar-refractivity contribution >= 4 is 11.6 Å². The number of benzene rings is 1. The van der Waals surface area contributed by atoms with Crippen LogP contribution in [0.15, 0.2) is 18.2 Å². The zero-order chi connectivity index (χ0) is 10.2. The van der Waals surface area contributed by atoms with Gasteiger partial charge in [-0.3, -0.25) is 0 Å². The summed E-state index contributed by atoms with van der Waals surface area (Å²) in [6.07, 6.45) is 2.24. The fourth-order valence-corrected chi connectivity index (χ4v) is 2.16. The van der Waals surface area contributed by atoms with Crippen LogP contribution in [0.3, 0.4) is 0 Å². The summed E-state index contributed by atoms with van der Waals surface area (Å²) in [5.41, 5.74) is 1.04. The highest BCUT2D eigenvalue weighted by Gasteiger charge is 2.30. The third-order valence-electron chi connectivity index (χ3n) is 2.93. The van der Waals surface area contributed by atoms with E-state index < -0.39 is 0 Å². The van der Waals surface area contributed by atoms with Crippen LogP contribution in [-0.4, -0.2) is 6.54 Å². The average molecular weight is 214 g/mol. The third-order valence-corrected chi connectivity index (χ3v) is 3.22. The molecular weight excluding hydrogens is 201 g/mol. The van der Waals surface area contributed by atoms with Gasteiger partial charge in [0.05, 0.1) is 5.02 Å². The summed E-state index contributed by atoms with van der Waals surface area (Å²) >= 11 is 5.75. The minimum atomic E-state index is -0.350. The smallest absolute Gasteiger partial charge is 0.141 e. The van der Waals surface area contributed by atoms with Gasteiger partial charge in [-0.2, -0.15) is 0 Å². The second kappa shape index (κ2) is 3.52. The molecular formula is C11H13ClFN. The molecule has 14 heavy (non-hydrogen) atoms. The van der Waals surface area contributed by atoms with Gasteiger partial charge in [0.15, 0.2) is 0 Å². The summed E-state index contributed by atoms with van der Waals surface area (Å²) in [5.74, 6) is -0.350. The van der Waals surface area contributed by atoms with Crippen LogP contribution in [0.25, 0.3) is 0 Å². The van der Waals surface area contributed by atoms with E-state index in [0.29, 0.717) is 0 Å². The molecule has 2 rings (SSSR count). The molecule has 1 unspecified atom stereocenters. The highest BCUT2D eigenvalue weighted by Crippen LogP contribution is 2.32. The third kappa shape index (κ3) is 1.64. The van der Waals surface area contributed by atoms with E-state index in [-0.39, 0.29) is 16.4 Å². The Bertz CT molecular complexity index is 345. The molecule has 0 amide bonds. The predicted octanol–water partition coefficient (Wildman–Crippen LogP) is 3.08. The Morgan fingerprint density at radius 1 is 1.50 bits per heavy atom. The number of halogens is 2. The van der Waals surface area contributed by atoms with E-state index in [9.17, 15) is 4.39 Å². The van der Waals surface area contributed by atoms with Crippen LogP contribution >= 0.6 is 11.6 Å². The Morgan fingerprint density at radius 2 is 2.29 bits per heavy atom. The lowest BCUT2D eigenvalue weighted by molar-refractivity contribution is 0.434. The maximum atomic E-state index is 13.0. The highest BCUT2D eigenvalue weighted by molar-refractivity contribution is 6.30. The summed E-state index contributed by atoms with van der Waals surface area (Å²) in [4.78, 5) is 0. The van der Waals surface area contributed by atoms with Gasteiger partial charge in [-0.25, -0.2) is 4.39 Å². The van der Waals surface area contributed by atoms with E-state index in [2.05, 4.69) is 12.2 Å². The first-order valence-electron chi connectivity index (χ1n) is 4.82. The number of hydrogen-bond acceptors (Lipinski definition) is 1. The van der Waals surface area contributed by atoms with E-state index >= 15 is 0 Å². The molecule has 0 aliphatic carbocycles. The molecule has 0 spiro atoms. The molecule has 3 heteroatoms. The minimum absolute atomic E-state index is 0.0304. The molecule has 1 nitrogen and oxygen atoms in total. The molecule has 1 heterocycles. The molecule has 76 valence electrons. The van der Waals surface area contributed by atoms with Gasteiger partial charge in [-0.05, 0) is 44.0 Å². The summed E-state index contributed by atoms with van der Waals surface area (Å²) < 4.78 is 13.0. The van der Waals surface area contributed by atoms with Gasteiger partial charge in [0.1, 0.15) is 5.82 Å². The second-order valence-corrected chi connectivity index (χ2v) is 4.40. The fraction of sp³-hybridized carbons (Fsp3) is 0.455. The van der Waals surface area contributed by atoms with E-state index in [1.54, 1.807) is 12.1 Å². The monoisotopic (exact) mass is 213 g/mol. The molecule has 0 radical (unpaired) electrons. The zero-order valence-corrected chi connectivity index (χ0v) is 8.87. The van der Waals surface area contributed by atoms with Crippen molar-refractivity contribution in [2.75, 3.05) is 6.54 Å². The standard InChI is InChI=1S/C11H13ClFN/c1-11(5-2-6-14-11)8-3-4-10(13)9(12)7-8/h3-4,7,14H,2,5-6H2,1H3. The van der Waals surface area contributed by atoms with E-state index in [1.807, 2.05) is 0 Å². The van der Waals surface area contributed by atoms with Gasteiger partial charge in [-0.15, -0.1) is 0 Å². The minimum Gasteiger partial charge on any atom is -0.308 e. The molecule has 0 saturated carbocycles. The van der Waals surface area contributed by atoms with Gasteiger partial charge < -0.3 is 5.32 Å². The quantitative estimate of drug-likeness (QED) is 0.756. The van der Waals surface area contributed by atoms with Crippen LogP contribution < -0.4 is 5.32 Å². The second-order valence-electron chi connectivity index (χ2n) is 3.99. The van der Waals surface area contributed by atoms with Crippen LogP contribution in [0.2, 0.25) is 5.02 Å². The highest BCUT2D eigenvalue weighted by atomic mass is 35.5. The molecule has 1 aliphatic rings. The normalized spacial score (nSPS) is 26.8. The topological polar surface area (TPSA) is 12.0 Å². The van der Waals surface area contributed by atoms with E-state index in [0.717, 1.165) is 24.9 Å². The lowest BCUT2D eigenvalue weighted by Crippen LogP contribution is -2.33. The largest absolute Gasteiger partial charge is 0.308 e. The first-order chi connectivity index (χ1) is 6.62. The summed E-state index contributed by atoms with van der Waals surface area (Å²) in [5, 5.41) is 3.62. The molecule has 0 bridgehead atoms. The maximum absolute atomic E-state index is 13.0.